The number of nitrogens with zero attached hydrogens (tertiary/aromatic N) is 2. The molecule has 136 valence electrons. The quantitative estimate of drug-likeness (QED) is 0.419. The first-order chi connectivity index (χ1) is 13.1. The fraction of sp³-hybridized carbons (Fsp3) is 0.150. The number of carbonyl (C=O) groups is 2. The van der Waals surface area contributed by atoms with Gasteiger partial charge in [0.25, 0.3) is 0 Å². The van der Waals surface area contributed by atoms with Crippen LogP contribution in [0.3, 0.4) is 0 Å². The highest BCUT2D eigenvalue weighted by atomic mass is 16.5. The average Bonchev–Trinajstić information content (AvgIpc) is 3.39. The lowest BCUT2D eigenvalue weighted by atomic mass is 10.1. The van der Waals surface area contributed by atoms with Gasteiger partial charge in [-0.3, -0.25) is 9.48 Å². The minimum atomic E-state index is -0.674. The van der Waals surface area contributed by atoms with Crippen LogP contribution in [0.25, 0.3) is 10.9 Å². The third-order valence-corrected chi connectivity index (χ3v) is 4.25. The van der Waals surface area contributed by atoms with Gasteiger partial charge in [0, 0.05) is 34.6 Å². The number of benzene rings is 1. The van der Waals surface area contributed by atoms with Crippen LogP contribution in [0.4, 0.5) is 0 Å². The fourth-order valence-corrected chi connectivity index (χ4v) is 3.04. The van der Waals surface area contributed by atoms with Crippen molar-refractivity contribution in [3.63, 3.8) is 0 Å². The lowest BCUT2D eigenvalue weighted by Crippen LogP contribution is -2.14. The highest BCUT2D eigenvalue weighted by Crippen LogP contribution is 2.22. The van der Waals surface area contributed by atoms with Crippen molar-refractivity contribution in [3.05, 3.63) is 77.6 Å². The smallest absolute Gasteiger partial charge is 0.374 e. The predicted molar refractivity (Wildman–Crippen MR) is 97.7 cm³/mol. The number of aromatic nitrogens is 3. The van der Waals surface area contributed by atoms with Crippen LogP contribution in [-0.4, -0.2) is 33.1 Å². The zero-order valence-corrected chi connectivity index (χ0v) is 14.6. The summed E-state index contributed by atoms with van der Waals surface area (Å²) in [5.41, 5.74) is 2.16. The number of carbonyl (C=O) groups excluding carboxylic acids is 2. The third-order valence-electron chi connectivity index (χ3n) is 4.25. The Bertz CT molecular complexity index is 1110. The van der Waals surface area contributed by atoms with E-state index in [1.54, 1.807) is 29.2 Å². The van der Waals surface area contributed by atoms with E-state index in [1.807, 2.05) is 31.2 Å². The molecule has 1 aromatic carbocycles. The number of fused-ring (bicyclic) bond motifs is 1. The molecule has 0 spiro atoms. The van der Waals surface area contributed by atoms with E-state index >= 15 is 0 Å². The Morgan fingerprint density at radius 3 is 2.85 bits per heavy atom. The second-order valence-corrected chi connectivity index (χ2v) is 6.14. The molecule has 0 unspecified atom stereocenters. The zero-order valence-electron chi connectivity index (χ0n) is 14.6. The molecule has 7 heteroatoms. The Kier molecular flexibility index (Phi) is 4.33. The van der Waals surface area contributed by atoms with Crippen LogP contribution in [-0.2, 0) is 11.3 Å². The molecule has 3 aromatic heterocycles. The van der Waals surface area contributed by atoms with E-state index in [0.29, 0.717) is 17.9 Å². The monoisotopic (exact) mass is 363 g/mol. The highest BCUT2D eigenvalue weighted by molar-refractivity contribution is 6.10. The topological polar surface area (TPSA) is 90.1 Å². The second kappa shape index (κ2) is 6.95. The Labute approximate surface area is 154 Å². The van der Waals surface area contributed by atoms with Gasteiger partial charge in [0.15, 0.2) is 6.61 Å². The molecule has 7 nitrogen and oxygen atoms in total. The van der Waals surface area contributed by atoms with Gasteiger partial charge in [-0.25, -0.2) is 4.79 Å². The number of para-hydroxylation sites is 1. The number of nitrogens with one attached hydrogen (secondary N) is 1. The van der Waals surface area contributed by atoms with Gasteiger partial charge >= 0.3 is 5.97 Å². The summed E-state index contributed by atoms with van der Waals surface area (Å²) in [6, 6.07) is 12.5. The van der Waals surface area contributed by atoms with E-state index in [2.05, 4.69) is 10.1 Å². The van der Waals surface area contributed by atoms with Crippen LogP contribution >= 0.6 is 0 Å². The summed E-state index contributed by atoms with van der Waals surface area (Å²) >= 11 is 0. The molecule has 0 amide bonds. The molecule has 3 heterocycles. The normalized spacial score (nSPS) is 11.0. The highest BCUT2D eigenvalue weighted by Gasteiger charge is 2.19. The average molecular weight is 363 g/mol. The Morgan fingerprint density at radius 2 is 2.04 bits per heavy atom. The van der Waals surface area contributed by atoms with E-state index in [-0.39, 0.29) is 18.2 Å². The largest absolute Gasteiger partial charge is 0.452 e. The number of furan rings is 1. The van der Waals surface area contributed by atoms with Crippen molar-refractivity contribution >= 4 is 22.7 Å². The number of ether oxygens (including phenoxy) is 1. The number of hydrogen-bond donors (Lipinski definition) is 1. The molecule has 0 saturated carbocycles. The van der Waals surface area contributed by atoms with Gasteiger partial charge in [-0.1, -0.05) is 18.2 Å². The van der Waals surface area contributed by atoms with Crippen molar-refractivity contribution < 1.29 is 18.7 Å². The van der Waals surface area contributed by atoms with Crippen LogP contribution in [0.5, 0.6) is 0 Å². The van der Waals surface area contributed by atoms with Crippen LogP contribution < -0.4 is 0 Å². The van der Waals surface area contributed by atoms with Gasteiger partial charge in [-0.2, -0.15) is 5.10 Å². The molecular formula is C20H17N3O4. The molecule has 0 radical (unpaired) electrons. The minimum absolute atomic E-state index is 0.0561. The SMILES string of the molecule is Cc1[nH]c2ccccc2c1C(=O)COC(=O)c1ccc(Cn2cccn2)o1. The predicted octanol–water partition coefficient (Wildman–Crippen LogP) is 3.35. The van der Waals surface area contributed by atoms with Gasteiger partial charge in [0.2, 0.25) is 11.5 Å². The third kappa shape index (κ3) is 3.39. The van der Waals surface area contributed by atoms with E-state index < -0.39 is 5.97 Å². The fourth-order valence-electron chi connectivity index (χ4n) is 3.04. The van der Waals surface area contributed by atoms with Gasteiger partial charge in [0.1, 0.15) is 5.76 Å². The summed E-state index contributed by atoms with van der Waals surface area (Å²) in [5.74, 6) is -0.306. The van der Waals surface area contributed by atoms with E-state index in [9.17, 15) is 9.59 Å². The molecule has 27 heavy (non-hydrogen) atoms. The minimum Gasteiger partial charge on any atom is -0.452 e. The van der Waals surface area contributed by atoms with Crippen LogP contribution in [0, 0.1) is 6.92 Å². The number of H-pyrrole nitrogens is 1. The van der Waals surface area contributed by atoms with Crippen molar-refractivity contribution in [2.75, 3.05) is 6.61 Å². The molecular weight excluding hydrogens is 346 g/mol. The Balaban J connectivity index is 1.42. The van der Waals surface area contributed by atoms with Crippen molar-refractivity contribution in [2.24, 2.45) is 0 Å². The van der Waals surface area contributed by atoms with Crippen LogP contribution in [0.1, 0.15) is 32.4 Å². The first-order valence-corrected chi connectivity index (χ1v) is 8.45. The number of ketones is 1. The van der Waals surface area contributed by atoms with Crippen LogP contribution in [0.2, 0.25) is 0 Å². The van der Waals surface area contributed by atoms with E-state index in [4.69, 9.17) is 9.15 Å². The van der Waals surface area contributed by atoms with Crippen LogP contribution in [0.15, 0.2) is 59.3 Å². The maximum Gasteiger partial charge on any atom is 0.374 e. The Hall–Kier alpha value is -3.61. The number of hydrogen-bond acceptors (Lipinski definition) is 5. The molecule has 4 rings (SSSR count). The summed E-state index contributed by atoms with van der Waals surface area (Å²) in [5, 5.41) is 4.89. The number of esters is 1. The number of rotatable bonds is 6. The summed E-state index contributed by atoms with van der Waals surface area (Å²) in [6.07, 6.45) is 3.46. The first-order valence-electron chi connectivity index (χ1n) is 8.45. The lowest BCUT2D eigenvalue weighted by molar-refractivity contribution is 0.0442. The molecule has 0 aliphatic rings. The molecule has 4 aromatic rings. The molecule has 0 bridgehead atoms. The first kappa shape index (κ1) is 16.8. The standard InChI is InChI=1S/C20H17N3O4/c1-13-19(15-5-2-3-6-16(15)22-13)17(24)12-26-20(25)18-8-7-14(27-18)11-23-10-4-9-21-23/h2-10,22H,11-12H2,1H3. The van der Waals surface area contributed by atoms with Gasteiger partial charge in [-0.15, -0.1) is 0 Å². The molecule has 0 aliphatic heterocycles. The number of aromatic amines is 1. The molecule has 0 aliphatic carbocycles. The van der Waals surface area contributed by atoms with Gasteiger partial charge in [-0.05, 0) is 31.2 Å². The maximum absolute atomic E-state index is 12.6. The lowest BCUT2D eigenvalue weighted by Gasteiger charge is -2.03. The summed E-state index contributed by atoms with van der Waals surface area (Å²) in [6.45, 7) is 1.88. The molecule has 0 atom stereocenters. The summed E-state index contributed by atoms with van der Waals surface area (Å²) < 4.78 is 12.3. The van der Waals surface area contributed by atoms with Gasteiger partial charge < -0.3 is 14.1 Å². The molecule has 0 fully saturated rings. The van der Waals surface area contributed by atoms with E-state index in [0.717, 1.165) is 16.6 Å². The van der Waals surface area contributed by atoms with E-state index in [1.165, 1.54) is 6.07 Å². The summed E-state index contributed by atoms with van der Waals surface area (Å²) in [4.78, 5) is 27.9. The second-order valence-electron chi connectivity index (χ2n) is 6.14. The number of Topliss-reactive ketones (excluding diaryl/α,β-unsaturated/α-hetero) is 1. The molecule has 0 saturated heterocycles. The van der Waals surface area contributed by atoms with Crippen molar-refractivity contribution in [2.45, 2.75) is 13.5 Å². The molecule has 1 N–H and O–H groups in total. The zero-order chi connectivity index (χ0) is 18.8. The van der Waals surface area contributed by atoms with Crippen molar-refractivity contribution in [3.8, 4) is 0 Å². The van der Waals surface area contributed by atoms with Crippen molar-refractivity contribution in [1.82, 2.24) is 14.8 Å². The summed E-state index contributed by atoms with van der Waals surface area (Å²) in [7, 11) is 0. The maximum atomic E-state index is 12.6. The Morgan fingerprint density at radius 1 is 1.19 bits per heavy atom. The van der Waals surface area contributed by atoms with Crippen molar-refractivity contribution in [1.29, 1.82) is 0 Å². The number of aryl methyl sites for hydroxylation is 1. The van der Waals surface area contributed by atoms with Gasteiger partial charge in [0.05, 0.1) is 6.54 Å².